The van der Waals surface area contributed by atoms with Crippen LogP contribution in [0.15, 0.2) is 0 Å². The van der Waals surface area contributed by atoms with Gasteiger partial charge >= 0.3 is 17.9 Å². The minimum absolute atomic E-state index is 0.102. The maximum atomic E-state index is 12.8. The van der Waals surface area contributed by atoms with Crippen molar-refractivity contribution >= 4 is 82.7 Å². The molecule has 0 atom stereocenters. The van der Waals surface area contributed by atoms with E-state index in [0.717, 1.165) is 94.0 Å². The second kappa shape index (κ2) is 62.4. The number of hydrogen-bond acceptors (Lipinski definition) is 16. The van der Waals surface area contributed by atoms with Crippen LogP contribution in [-0.4, -0.2) is 159 Å². The van der Waals surface area contributed by atoms with Gasteiger partial charge in [0, 0.05) is 80.3 Å². The zero-order valence-corrected chi connectivity index (χ0v) is 55.0. The Kier molecular flexibility index (Phi) is 61.1. The summed E-state index contributed by atoms with van der Waals surface area (Å²) in [5.41, 5.74) is 0. The fourth-order valence-corrected chi connectivity index (χ4v) is 15.3. The topological polar surface area (TPSA) is 101 Å². The highest BCUT2D eigenvalue weighted by atomic mass is 33.1. The van der Waals surface area contributed by atoms with Gasteiger partial charge in [-0.3, -0.25) is 14.4 Å². The van der Waals surface area contributed by atoms with Crippen LogP contribution >= 0.6 is 64.8 Å². The van der Waals surface area contributed by atoms with E-state index in [2.05, 4.69) is 40.8 Å². The Hall–Kier alpha value is 0.350. The van der Waals surface area contributed by atoms with E-state index < -0.39 is 0 Å². The number of unbranched alkanes of at least 4 members (excludes halogenated alkanes) is 27. The molecule has 1 saturated heterocycles. The smallest absolute Gasteiger partial charge is 0.307 e. The molecular weight excluding hydrogens is 1080 g/mol. The van der Waals surface area contributed by atoms with Gasteiger partial charge in [-0.1, -0.05) is 259 Å². The summed E-state index contributed by atoms with van der Waals surface area (Å²) >= 11 is 0. The number of nitrogens with zero attached hydrogens (tertiary/aromatic N) is 3. The molecule has 0 bridgehead atoms. The Morgan fingerprint density at radius 2 is 0.649 bits per heavy atom. The molecule has 0 aromatic rings. The lowest BCUT2D eigenvalue weighted by Crippen LogP contribution is -2.47. The van der Waals surface area contributed by atoms with E-state index in [4.69, 9.17) is 14.2 Å². The fraction of sp³-hybridized carbons (Fsp3) is 0.951. The Balaban J connectivity index is 2.23. The second-order valence-corrected chi connectivity index (χ2v) is 29.5. The van der Waals surface area contributed by atoms with Crippen molar-refractivity contribution < 1.29 is 28.6 Å². The predicted octanol–water partition coefficient (Wildman–Crippen LogP) is 17.0. The normalized spacial score (nSPS) is 13.2. The lowest BCUT2D eigenvalue weighted by molar-refractivity contribution is -0.144. The van der Waals surface area contributed by atoms with E-state index >= 15 is 0 Å². The summed E-state index contributed by atoms with van der Waals surface area (Å²) in [4.78, 5) is 45.2. The summed E-state index contributed by atoms with van der Waals surface area (Å²) in [6.45, 7) is 18.2. The lowest BCUT2D eigenvalue weighted by Gasteiger charge is -2.35. The van der Waals surface area contributed by atoms with Crippen molar-refractivity contribution in [2.45, 2.75) is 245 Å². The molecule has 16 heteroatoms. The molecule has 10 nitrogen and oxygen atoms in total. The third-order valence-electron chi connectivity index (χ3n) is 14.3. The van der Waals surface area contributed by atoms with E-state index in [0.29, 0.717) is 58.7 Å². The van der Waals surface area contributed by atoms with Crippen molar-refractivity contribution in [3.05, 3.63) is 0 Å². The Morgan fingerprint density at radius 1 is 0.351 bits per heavy atom. The molecule has 456 valence electrons. The van der Waals surface area contributed by atoms with Crippen LogP contribution < -0.4 is 5.32 Å². The predicted molar refractivity (Wildman–Crippen MR) is 348 cm³/mol. The van der Waals surface area contributed by atoms with Gasteiger partial charge in [-0.2, -0.15) is 0 Å². The molecule has 0 unspecified atom stereocenters. The van der Waals surface area contributed by atoms with Gasteiger partial charge in [0.25, 0.3) is 0 Å². The molecule has 0 aromatic heterocycles. The molecular formula is C61H120N4O6S6. The average molecular weight is 1200 g/mol. The van der Waals surface area contributed by atoms with Crippen molar-refractivity contribution in [3.63, 3.8) is 0 Å². The van der Waals surface area contributed by atoms with Gasteiger partial charge < -0.3 is 34.2 Å². The van der Waals surface area contributed by atoms with Crippen LogP contribution in [0.5, 0.6) is 0 Å². The first-order chi connectivity index (χ1) is 38.0. The molecule has 0 radical (unpaired) electrons. The van der Waals surface area contributed by atoms with Gasteiger partial charge in [0.15, 0.2) is 0 Å². The summed E-state index contributed by atoms with van der Waals surface area (Å²) in [5, 5.41) is 3.44. The maximum absolute atomic E-state index is 12.8. The Bertz CT molecular complexity index is 1210. The SMILES string of the molecule is CCCCCCCCCCCCSSCCOC(=O)CCNCCCN1CCN(CCCN(CCC(=O)OCCSSCCCCCCCCCCCC)CCC(=O)OCCSSCCCCCCCCCCCC)CC1. The third kappa shape index (κ3) is 56.6. The van der Waals surface area contributed by atoms with Crippen molar-refractivity contribution in [1.82, 2.24) is 20.0 Å². The molecule has 0 aromatic carbocycles. The lowest BCUT2D eigenvalue weighted by atomic mass is 10.1. The molecule has 77 heavy (non-hydrogen) atoms. The van der Waals surface area contributed by atoms with Gasteiger partial charge in [0.2, 0.25) is 0 Å². The molecule has 1 aliphatic rings. The summed E-state index contributed by atoms with van der Waals surface area (Å²) in [7, 11) is 11.2. The molecule has 0 amide bonds. The van der Waals surface area contributed by atoms with E-state index in [-0.39, 0.29) is 17.9 Å². The van der Waals surface area contributed by atoms with Gasteiger partial charge in [-0.25, -0.2) is 0 Å². The summed E-state index contributed by atoms with van der Waals surface area (Å²) in [6, 6.07) is 0. The fourth-order valence-electron chi connectivity index (χ4n) is 9.42. The van der Waals surface area contributed by atoms with Crippen LogP contribution in [0.2, 0.25) is 0 Å². The van der Waals surface area contributed by atoms with Crippen molar-refractivity contribution in [2.24, 2.45) is 0 Å². The van der Waals surface area contributed by atoms with Gasteiger partial charge in [0.1, 0.15) is 19.8 Å². The quantitative estimate of drug-likeness (QED) is 0.0270. The highest BCUT2D eigenvalue weighted by Gasteiger charge is 2.18. The molecule has 0 aliphatic carbocycles. The number of carbonyl (C=O) groups excluding carboxylic acids is 3. The minimum atomic E-state index is -0.150. The molecule has 0 spiro atoms. The van der Waals surface area contributed by atoms with Crippen molar-refractivity contribution in [1.29, 1.82) is 0 Å². The first kappa shape index (κ1) is 75.4. The zero-order valence-electron chi connectivity index (χ0n) is 50.1. The van der Waals surface area contributed by atoms with E-state index in [1.54, 1.807) is 0 Å². The maximum Gasteiger partial charge on any atom is 0.307 e. The van der Waals surface area contributed by atoms with E-state index in [1.807, 2.05) is 64.8 Å². The number of nitrogens with one attached hydrogen (secondary N) is 1. The molecule has 1 rings (SSSR count). The second-order valence-electron chi connectivity index (χ2n) is 21.4. The van der Waals surface area contributed by atoms with Crippen molar-refractivity contribution in [2.75, 3.05) is 126 Å². The number of hydrogen-bond donors (Lipinski definition) is 1. The number of rotatable bonds is 62. The van der Waals surface area contributed by atoms with Gasteiger partial charge in [0.05, 0.1) is 19.3 Å². The summed E-state index contributed by atoms with van der Waals surface area (Å²) in [5.74, 6) is 5.62. The first-order valence-corrected chi connectivity index (χ1v) is 39.5. The minimum Gasteiger partial charge on any atom is -0.465 e. The summed E-state index contributed by atoms with van der Waals surface area (Å²) in [6.07, 6.45) is 44.1. The van der Waals surface area contributed by atoms with Crippen LogP contribution in [0.25, 0.3) is 0 Å². The molecule has 0 saturated carbocycles. The first-order valence-electron chi connectivity index (χ1n) is 32.1. The number of piperazine rings is 1. The number of ether oxygens (including phenoxy) is 3. The molecule has 1 N–H and O–H groups in total. The average Bonchev–Trinajstić information content (AvgIpc) is 3.43. The highest BCUT2D eigenvalue weighted by molar-refractivity contribution is 8.77. The van der Waals surface area contributed by atoms with Gasteiger partial charge in [-0.05, 0) is 58.3 Å². The number of carbonyl (C=O) groups is 3. The van der Waals surface area contributed by atoms with Crippen LogP contribution in [0, 0.1) is 0 Å². The monoisotopic (exact) mass is 1200 g/mol. The zero-order chi connectivity index (χ0) is 55.4. The Morgan fingerprint density at radius 3 is 1.00 bits per heavy atom. The van der Waals surface area contributed by atoms with E-state index in [9.17, 15) is 14.4 Å². The summed E-state index contributed by atoms with van der Waals surface area (Å²) < 4.78 is 16.7. The highest BCUT2D eigenvalue weighted by Crippen LogP contribution is 2.25. The Labute approximate surface area is 499 Å². The molecule has 1 aliphatic heterocycles. The van der Waals surface area contributed by atoms with E-state index in [1.165, 1.54) is 198 Å². The number of esters is 3. The molecule has 1 heterocycles. The largest absolute Gasteiger partial charge is 0.465 e. The van der Waals surface area contributed by atoms with Crippen LogP contribution in [-0.2, 0) is 28.6 Å². The van der Waals surface area contributed by atoms with Crippen LogP contribution in [0.4, 0.5) is 0 Å². The van der Waals surface area contributed by atoms with Crippen LogP contribution in [0.3, 0.4) is 0 Å². The van der Waals surface area contributed by atoms with Crippen LogP contribution in [0.1, 0.15) is 245 Å². The third-order valence-corrected chi connectivity index (χ3v) is 21.7. The molecule has 1 fully saturated rings. The standard InChI is InChI=1S/C61H120N4O6S6/c1-4-7-10-13-16-19-22-25-28-31-53-72-75-56-50-69-59(66)36-40-62-39-34-41-64-46-48-65(49-47-64)43-35-42-63(44-37-60(67)70-51-57-76-73-54-32-29-26-23-20-17-14-11-8-5-2)45-38-61(68)71-52-58-77-74-55-33-30-27-24-21-18-15-12-9-6-3/h62H,4-58H2,1-3H3. The van der Waals surface area contributed by atoms with Crippen molar-refractivity contribution in [3.8, 4) is 0 Å². The van der Waals surface area contributed by atoms with Gasteiger partial charge in [-0.15, -0.1) is 0 Å².